The van der Waals surface area contributed by atoms with Crippen molar-refractivity contribution in [2.24, 2.45) is 5.92 Å². The average molecular weight is 268 g/mol. The summed E-state index contributed by atoms with van der Waals surface area (Å²) in [6.45, 7) is 4.75. The molecule has 3 unspecified atom stereocenters. The van der Waals surface area contributed by atoms with E-state index in [-0.39, 0.29) is 24.3 Å². The lowest BCUT2D eigenvalue weighted by Crippen LogP contribution is -2.44. The van der Waals surface area contributed by atoms with Gasteiger partial charge in [-0.25, -0.2) is 0 Å². The summed E-state index contributed by atoms with van der Waals surface area (Å²) in [6.07, 6.45) is 1.48. The number of imide groups is 1. The predicted molar refractivity (Wildman–Crippen MR) is 67.3 cm³/mol. The van der Waals surface area contributed by atoms with Crippen molar-refractivity contribution in [1.29, 1.82) is 0 Å². The Hall–Kier alpha value is -1.43. The molecule has 2 aliphatic heterocycles. The standard InChI is InChI=1S/C13H20N2O4/c1-3-8(2)15-11(16)6-10(12(15)17)14-5-4-9(7-14)13(18)19/h8-10H,3-7H2,1-2H3,(H,18,19). The van der Waals surface area contributed by atoms with E-state index < -0.39 is 17.9 Å². The highest BCUT2D eigenvalue weighted by atomic mass is 16.4. The van der Waals surface area contributed by atoms with Gasteiger partial charge in [0.15, 0.2) is 0 Å². The van der Waals surface area contributed by atoms with Crippen molar-refractivity contribution in [3.8, 4) is 0 Å². The molecule has 106 valence electrons. The maximum Gasteiger partial charge on any atom is 0.307 e. The fourth-order valence-electron chi connectivity index (χ4n) is 2.84. The molecule has 0 aromatic rings. The zero-order chi connectivity index (χ0) is 14.2. The topological polar surface area (TPSA) is 77.9 Å². The molecule has 0 radical (unpaired) electrons. The summed E-state index contributed by atoms with van der Waals surface area (Å²) in [5, 5.41) is 8.98. The van der Waals surface area contributed by atoms with Gasteiger partial charge in [0.05, 0.1) is 18.4 Å². The largest absolute Gasteiger partial charge is 0.481 e. The van der Waals surface area contributed by atoms with Crippen LogP contribution in [0.25, 0.3) is 0 Å². The molecule has 2 saturated heterocycles. The first-order chi connectivity index (χ1) is 8.95. The lowest BCUT2D eigenvalue weighted by molar-refractivity contribution is -0.144. The highest BCUT2D eigenvalue weighted by molar-refractivity contribution is 6.05. The van der Waals surface area contributed by atoms with Crippen LogP contribution in [-0.4, -0.2) is 57.9 Å². The highest BCUT2D eigenvalue weighted by Crippen LogP contribution is 2.27. The Kier molecular flexibility index (Phi) is 3.89. The van der Waals surface area contributed by atoms with Gasteiger partial charge in [0.2, 0.25) is 11.8 Å². The van der Waals surface area contributed by atoms with Crippen LogP contribution in [0.1, 0.15) is 33.1 Å². The molecule has 2 aliphatic rings. The molecule has 2 heterocycles. The summed E-state index contributed by atoms with van der Waals surface area (Å²) in [5.41, 5.74) is 0. The maximum absolute atomic E-state index is 12.3. The summed E-state index contributed by atoms with van der Waals surface area (Å²) in [7, 11) is 0. The molecule has 1 N–H and O–H groups in total. The number of amides is 2. The number of carboxylic acids is 1. The Labute approximate surface area is 112 Å². The van der Waals surface area contributed by atoms with Crippen molar-refractivity contribution in [3.63, 3.8) is 0 Å². The molecule has 2 rings (SSSR count). The number of carbonyl (C=O) groups is 3. The van der Waals surface area contributed by atoms with Crippen LogP contribution in [0.15, 0.2) is 0 Å². The molecule has 2 fully saturated rings. The van der Waals surface area contributed by atoms with Crippen molar-refractivity contribution < 1.29 is 19.5 Å². The lowest BCUT2D eigenvalue weighted by atomic mass is 10.1. The van der Waals surface area contributed by atoms with E-state index in [1.807, 2.05) is 18.7 Å². The molecule has 0 bridgehead atoms. The second-order valence-electron chi connectivity index (χ2n) is 5.40. The van der Waals surface area contributed by atoms with E-state index in [4.69, 9.17) is 5.11 Å². The third-order valence-corrected chi connectivity index (χ3v) is 4.20. The summed E-state index contributed by atoms with van der Waals surface area (Å²) < 4.78 is 0. The molecular formula is C13H20N2O4. The van der Waals surface area contributed by atoms with Crippen molar-refractivity contribution >= 4 is 17.8 Å². The van der Waals surface area contributed by atoms with Crippen LogP contribution in [0.4, 0.5) is 0 Å². The van der Waals surface area contributed by atoms with Gasteiger partial charge in [-0.05, 0) is 26.3 Å². The fraction of sp³-hybridized carbons (Fsp3) is 0.769. The molecule has 0 aromatic carbocycles. The third-order valence-electron chi connectivity index (χ3n) is 4.20. The first-order valence-electron chi connectivity index (χ1n) is 6.78. The van der Waals surface area contributed by atoms with Crippen LogP contribution in [0.5, 0.6) is 0 Å². The number of nitrogens with zero attached hydrogens (tertiary/aromatic N) is 2. The predicted octanol–water partition coefficient (Wildman–Crippen LogP) is 0.319. The Morgan fingerprint density at radius 3 is 2.68 bits per heavy atom. The average Bonchev–Trinajstić information content (AvgIpc) is 2.94. The zero-order valence-electron chi connectivity index (χ0n) is 11.3. The van der Waals surface area contributed by atoms with Crippen LogP contribution in [0.3, 0.4) is 0 Å². The first kappa shape index (κ1) is 14.0. The van der Waals surface area contributed by atoms with Crippen molar-refractivity contribution in [2.45, 2.75) is 45.2 Å². The quantitative estimate of drug-likeness (QED) is 0.743. The van der Waals surface area contributed by atoms with E-state index >= 15 is 0 Å². The Morgan fingerprint density at radius 1 is 1.47 bits per heavy atom. The SMILES string of the molecule is CCC(C)N1C(=O)CC(N2CCC(C(=O)O)C2)C1=O. The number of carboxylic acid groups (broad SMARTS) is 1. The van der Waals surface area contributed by atoms with E-state index in [1.54, 1.807) is 0 Å². The van der Waals surface area contributed by atoms with Gasteiger partial charge in [-0.15, -0.1) is 0 Å². The maximum atomic E-state index is 12.3. The molecule has 3 atom stereocenters. The minimum atomic E-state index is -0.821. The van der Waals surface area contributed by atoms with Gasteiger partial charge in [0, 0.05) is 12.6 Å². The van der Waals surface area contributed by atoms with Crippen LogP contribution >= 0.6 is 0 Å². The first-order valence-corrected chi connectivity index (χ1v) is 6.78. The van der Waals surface area contributed by atoms with Gasteiger partial charge < -0.3 is 5.11 Å². The second-order valence-corrected chi connectivity index (χ2v) is 5.40. The molecular weight excluding hydrogens is 248 g/mol. The van der Waals surface area contributed by atoms with Gasteiger partial charge in [-0.2, -0.15) is 0 Å². The normalized spacial score (nSPS) is 30.1. The number of rotatable bonds is 4. The smallest absolute Gasteiger partial charge is 0.307 e. The highest BCUT2D eigenvalue weighted by Gasteiger charge is 2.45. The van der Waals surface area contributed by atoms with Crippen molar-refractivity contribution in [1.82, 2.24) is 9.80 Å². The number of aliphatic carboxylic acids is 1. The van der Waals surface area contributed by atoms with E-state index in [1.165, 1.54) is 4.90 Å². The van der Waals surface area contributed by atoms with E-state index in [9.17, 15) is 14.4 Å². The fourth-order valence-corrected chi connectivity index (χ4v) is 2.84. The van der Waals surface area contributed by atoms with Crippen molar-refractivity contribution in [3.05, 3.63) is 0 Å². The second kappa shape index (κ2) is 5.28. The number of hydrogen-bond acceptors (Lipinski definition) is 4. The Balaban J connectivity index is 2.06. The number of hydrogen-bond donors (Lipinski definition) is 1. The van der Waals surface area contributed by atoms with E-state index in [2.05, 4.69) is 0 Å². The summed E-state index contributed by atoms with van der Waals surface area (Å²) in [6, 6.07) is -0.534. The Bertz CT molecular complexity index is 409. The monoisotopic (exact) mass is 268 g/mol. The van der Waals surface area contributed by atoms with Gasteiger partial charge in [0.25, 0.3) is 0 Å². The molecule has 0 aromatic heterocycles. The van der Waals surface area contributed by atoms with Gasteiger partial charge >= 0.3 is 5.97 Å². The Morgan fingerprint density at radius 2 is 2.16 bits per heavy atom. The van der Waals surface area contributed by atoms with Crippen LogP contribution in [0, 0.1) is 5.92 Å². The molecule has 2 amide bonds. The molecule has 0 saturated carbocycles. The summed E-state index contributed by atoms with van der Waals surface area (Å²) in [4.78, 5) is 38.4. The number of likely N-dealkylation sites (tertiary alicyclic amines) is 2. The van der Waals surface area contributed by atoms with Gasteiger partial charge in [0.1, 0.15) is 0 Å². The van der Waals surface area contributed by atoms with Gasteiger partial charge in [-0.1, -0.05) is 6.92 Å². The molecule has 6 nitrogen and oxygen atoms in total. The molecule has 6 heteroatoms. The molecule has 19 heavy (non-hydrogen) atoms. The minimum Gasteiger partial charge on any atom is -0.481 e. The zero-order valence-corrected chi connectivity index (χ0v) is 11.3. The summed E-state index contributed by atoms with van der Waals surface area (Å²) in [5.74, 6) is -1.54. The van der Waals surface area contributed by atoms with Crippen LogP contribution < -0.4 is 0 Å². The minimum absolute atomic E-state index is 0.0807. The molecule has 0 aliphatic carbocycles. The van der Waals surface area contributed by atoms with Gasteiger partial charge in [-0.3, -0.25) is 24.2 Å². The third kappa shape index (κ3) is 2.49. The van der Waals surface area contributed by atoms with E-state index in [0.717, 1.165) is 6.42 Å². The molecule has 0 spiro atoms. The van der Waals surface area contributed by atoms with Crippen LogP contribution in [0.2, 0.25) is 0 Å². The van der Waals surface area contributed by atoms with E-state index in [0.29, 0.717) is 19.5 Å². The summed E-state index contributed by atoms with van der Waals surface area (Å²) >= 11 is 0. The van der Waals surface area contributed by atoms with Crippen molar-refractivity contribution in [2.75, 3.05) is 13.1 Å². The lowest BCUT2D eigenvalue weighted by Gasteiger charge is -2.24. The number of carbonyl (C=O) groups excluding carboxylic acids is 2. The van der Waals surface area contributed by atoms with Crippen LogP contribution in [-0.2, 0) is 14.4 Å².